The number of benzene rings is 1. The van der Waals surface area contributed by atoms with Crippen LogP contribution in [0, 0.1) is 5.92 Å². The third kappa shape index (κ3) is 4.22. The highest BCUT2D eigenvalue weighted by molar-refractivity contribution is 9.11. The Bertz CT molecular complexity index is 513. The Balaban J connectivity index is 2.23. The van der Waals surface area contributed by atoms with Crippen molar-refractivity contribution < 1.29 is 9.53 Å². The number of esters is 1. The molecule has 1 aliphatic carbocycles. The maximum Gasteiger partial charge on any atom is 0.340 e. The summed E-state index contributed by atoms with van der Waals surface area (Å²) in [7, 11) is 1.41. The van der Waals surface area contributed by atoms with Crippen LogP contribution in [0.4, 0.5) is 5.69 Å². The van der Waals surface area contributed by atoms with E-state index in [1.54, 1.807) is 6.07 Å². The van der Waals surface area contributed by atoms with E-state index >= 15 is 0 Å². The van der Waals surface area contributed by atoms with Gasteiger partial charge in [0.2, 0.25) is 0 Å². The molecule has 0 heterocycles. The lowest BCUT2D eigenvalue weighted by Crippen LogP contribution is -2.28. The summed E-state index contributed by atoms with van der Waals surface area (Å²) in [5, 5.41) is 3.52. The first-order valence-corrected chi connectivity index (χ1v) is 8.95. The molecule has 0 saturated heterocycles. The molecule has 1 aromatic carbocycles. The zero-order valence-corrected chi connectivity index (χ0v) is 15.6. The Labute approximate surface area is 143 Å². The normalized spacial score (nSPS) is 17.3. The zero-order chi connectivity index (χ0) is 15.4. The number of anilines is 1. The molecule has 1 aliphatic rings. The Kier molecular flexibility index (Phi) is 6.11. The third-order valence-corrected chi connectivity index (χ3v) is 5.27. The van der Waals surface area contributed by atoms with E-state index in [-0.39, 0.29) is 5.97 Å². The van der Waals surface area contributed by atoms with Gasteiger partial charge >= 0.3 is 5.97 Å². The number of halogens is 2. The lowest BCUT2D eigenvalue weighted by Gasteiger charge is -2.30. The van der Waals surface area contributed by atoms with Crippen molar-refractivity contribution in [3.05, 3.63) is 26.6 Å². The number of nitrogens with one attached hydrogen (secondary N) is 1. The maximum atomic E-state index is 12.0. The van der Waals surface area contributed by atoms with Crippen molar-refractivity contribution in [3.63, 3.8) is 0 Å². The molecule has 0 aromatic heterocycles. The minimum Gasteiger partial charge on any atom is -0.465 e. The first-order valence-electron chi connectivity index (χ1n) is 7.37. The molecular formula is C16H21Br2NO2. The van der Waals surface area contributed by atoms with Gasteiger partial charge in [-0.2, -0.15) is 0 Å². The molecule has 21 heavy (non-hydrogen) atoms. The van der Waals surface area contributed by atoms with Gasteiger partial charge in [0.05, 0.1) is 18.4 Å². The molecule has 1 atom stereocenters. The second-order valence-electron chi connectivity index (χ2n) is 5.63. The lowest BCUT2D eigenvalue weighted by atomic mass is 9.84. The third-order valence-electron chi connectivity index (χ3n) is 4.19. The average Bonchev–Trinajstić information content (AvgIpc) is 2.49. The summed E-state index contributed by atoms with van der Waals surface area (Å²) in [5.74, 6) is 0.343. The number of rotatable bonds is 4. The van der Waals surface area contributed by atoms with Crippen molar-refractivity contribution in [2.75, 3.05) is 12.4 Å². The van der Waals surface area contributed by atoms with Gasteiger partial charge in [-0.15, -0.1) is 0 Å². The second-order valence-corrected chi connectivity index (χ2v) is 7.40. The molecule has 0 spiro atoms. The second kappa shape index (κ2) is 7.63. The number of hydrogen-bond donors (Lipinski definition) is 1. The fourth-order valence-corrected chi connectivity index (χ4v) is 4.31. The topological polar surface area (TPSA) is 38.3 Å². The quantitative estimate of drug-likeness (QED) is 0.667. The van der Waals surface area contributed by atoms with E-state index in [0.717, 1.165) is 14.6 Å². The summed E-state index contributed by atoms with van der Waals surface area (Å²) >= 11 is 6.97. The zero-order valence-electron chi connectivity index (χ0n) is 12.4. The summed E-state index contributed by atoms with van der Waals surface area (Å²) in [6.07, 6.45) is 6.48. The van der Waals surface area contributed by atoms with E-state index in [1.165, 1.54) is 39.2 Å². The van der Waals surface area contributed by atoms with Gasteiger partial charge in [0, 0.05) is 15.0 Å². The summed E-state index contributed by atoms with van der Waals surface area (Å²) < 4.78 is 6.62. The molecule has 0 radical (unpaired) electrons. The first kappa shape index (κ1) is 16.8. The van der Waals surface area contributed by atoms with Crippen LogP contribution in [0.1, 0.15) is 49.4 Å². The van der Waals surface area contributed by atoms with Crippen molar-refractivity contribution in [1.29, 1.82) is 0 Å². The van der Waals surface area contributed by atoms with Gasteiger partial charge in [-0.25, -0.2) is 4.79 Å². The number of methoxy groups -OCH3 is 1. The van der Waals surface area contributed by atoms with Crippen LogP contribution in [0.15, 0.2) is 21.1 Å². The van der Waals surface area contributed by atoms with E-state index in [4.69, 9.17) is 4.74 Å². The van der Waals surface area contributed by atoms with Crippen molar-refractivity contribution >= 4 is 43.5 Å². The van der Waals surface area contributed by atoms with E-state index < -0.39 is 0 Å². The fourth-order valence-electron chi connectivity index (χ4n) is 2.97. The van der Waals surface area contributed by atoms with Gasteiger partial charge < -0.3 is 10.1 Å². The smallest absolute Gasteiger partial charge is 0.340 e. The first-order chi connectivity index (χ1) is 10.0. The largest absolute Gasteiger partial charge is 0.465 e. The number of ether oxygens (including phenoxy) is 1. The van der Waals surface area contributed by atoms with Crippen LogP contribution in [0.25, 0.3) is 0 Å². The van der Waals surface area contributed by atoms with Crippen molar-refractivity contribution in [2.45, 2.75) is 45.1 Å². The predicted molar refractivity (Wildman–Crippen MR) is 92.8 cm³/mol. The molecule has 3 nitrogen and oxygen atoms in total. The monoisotopic (exact) mass is 417 g/mol. The van der Waals surface area contributed by atoms with Crippen LogP contribution >= 0.6 is 31.9 Å². The SMILES string of the molecule is COC(=O)c1cc(Br)cc(Br)c1NC(C)C1CCCCC1. The minimum atomic E-state index is -0.324. The van der Waals surface area contributed by atoms with Crippen LogP contribution in [0.2, 0.25) is 0 Å². The predicted octanol–water partition coefficient (Wildman–Crippen LogP) is 5.38. The molecule has 5 heteroatoms. The van der Waals surface area contributed by atoms with Crippen LogP contribution in [0.5, 0.6) is 0 Å². The van der Waals surface area contributed by atoms with E-state index in [9.17, 15) is 4.79 Å². The van der Waals surface area contributed by atoms with E-state index in [2.05, 4.69) is 44.1 Å². The van der Waals surface area contributed by atoms with Gasteiger partial charge in [0.1, 0.15) is 0 Å². The van der Waals surface area contributed by atoms with Gasteiger partial charge in [0.15, 0.2) is 0 Å². The van der Waals surface area contributed by atoms with Crippen LogP contribution in [0.3, 0.4) is 0 Å². The molecule has 1 aromatic rings. The number of carbonyl (C=O) groups excluding carboxylic acids is 1. The molecule has 116 valence electrons. The van der Waals surface area contributed by atoms with Gasteiger partial charge in [-0.1, -0.05) is 35.2 Å². The summed E-state index contributed by atoms with van der Waals surface area (Å²) in [5.41, 5.74) is 1.38. The molecule has 1 saturated carbocycles. The molecule has 1 N–H and O–H groups in total. The molecule has 2 rings (SSSR count). The Morgan fingerprint density at radius 3 is 2.57 bits per heavy atom. The van der Waals surface area contributed by atoms with Crippen molar-refractivity contribution in [1.82, 2.24) is 0 Å². The molecule has 0 aliphatic heterocycles. The van der Waals surface area contributed by atoms with Gasteiger partial charge in [-0.05, 0) is 53.7 Å². The Hall–Kier alpha value is -0.550. The number of hydrogen-bond acceptors (Lipinski definition) is 3. The van der Waals surface area contributed by atoms with Crippen LogP contribution in [-0.4, -0.2) is 19.1 Å². The Morgan fingerprint density at radius 1 is 1.29 bits per heavy atom. The van der Waals surface area contributed by atoms with E-state index in [0.29, 0.717) is 17.5 Å². The highest BCUT2D eigenvalue weighted by Gasteiger charge is 2.23. The molecule has 0 amide bonds. The van der Waals surface area contributed by atoms with Gasteiger partial charge in [-0.3, -0.25) is 0 Å². The minimum absolute atomic E-state index is 0.324. The molecule has 1 unspecified atom stereocenters. The number of carbonyl (C=O) groups is 1. The molecule has 0 bridgehead atoms. The highest BCUT2D eigenvalue weighted by Crippen LogP contribution is 2.34. The standard InChI is InChI=1S/C16H21Br2NO2/c1-10(11-6-4-3-5-7-11)19-15-13(16(20)21-2)8-12(17)9-14(15)18/h8-11,19H,3-7H2,1-2H3. The van der Waals surface area contributed by atoms with Crippen molar-refractivity contribution in [2.24, 2.45) is 5.92 Å². The lowest BCUT2D eigenvalue weighted by molar-refractivity contribution is 0.0601. The average molecular weight is 419 g/mol. The summed E-state index contributed by atoms with van der Waals surface area (Å²) in [6.45, 7) is 2.20. The molecule has 1 fully saturated rings. The van der Waals surface area contributed by atoms with Crippen molar-refractivity contribution in [3.8, 4) is 0 Å². The Morgan fingerprint density at radius 2 is 1.95 bits per heavy atom. The highest BCUT2D eigenvalue weighted by atomic mass is 79.9. The van der Waals surface area contributed by atoms with Crippen LogP contribution in [-0.2, 0) is 4.74 Å². The molecular weight excluding hydrogens is 398 g/mol. The van der Waals surface area contributed by atoms with Gasteiger partial charge in [0.25, 0.3) is 0 Å². The van der Waals surface area contributed by atoms with Crippen LogP contribution < -0.4 is 5.32 Å². The fraction of sp³-hybridized carbons (Fsp3) is 0.562. The van der Waals surface area contributed by atoms with E-state index in [1.807, 2.05) is 6.07 Å². The summed E-state index contributed by atoms with van der Waals surface area (Å²) in [6, 6.07) is 4.08. The summed E-state index contributed by atoms with van der Waals surface area (Å²) in [4.78, 5) is 12.0. The maximum absolute atomic E-state index is 12.0.